The fraction of sp³-hybridized carbons (Fsp3) is 0.294. The topological polar surface area (TPSA) is 133 Å². The van der Waals surface area contributed by atoms with Crippen LogP contribution >= 0.6 is 0 Å². The Morgan fingerprint density at radius 1 is 1.05 bits per heavy atom. The molecule has 0 radical (unpaired) electrons. The summed E-state index contributed by atoms with van der Waals surface area (Å²) in [5.41, 5.74) is 10.4. The smallest absolute Gasteiger partial charge is 0.409 e. The van der Waals surface area contributed by atoms with Gasteiger partial charge in [0.15, 0.2) is 0 Å². The fourth-order valence-electron chi connectivity index (χ4n) is 5.68. The number of anilines is 1. The molecule has 0 spiro atoms. The second-order valence-electron chi connectivity index (χ2n) is 11.6. The van der Waals surface area contributed by atoms with E-state index in [0.29, 0.717) is 36.8 Å². The Hall–Kier alpha value is -5.12. The molecular weight excluding hydrogens is 558 g/mol. The second kappa shape index (κ2) is 12.2. The van der Waals surface area contributed by atoms with Crippen molar-refractivity contribution in [2.45, 2.75) is 39.3 Å². The number of ether oxygens (including phenoxy) is 2. The van der Waals surface area contributed by atoms with Crippen molar-refractivity contribution in [2.75, 3.05) is 25.4 Å². The summed E-state index contributed by atoms with van der Waals surface area (Å²) in [6.07, 6.45) is 2.00. The Balaban J connectivity index is 1.35. The third-order valence-electron chi connectivity index (χ3n) is 7.90. The number of aliphatic carboxylic acids is 1. The molecule has 5 aromatic rings. The molecule has 1 amide bonds. The molecule has 1 aliphatic heterocycles. The Labute approximate surface area is 255 Å². The normalized spacial score (nSPS) is 14.9. The number of aromatic nitrogens is 3. The number of nitrogens with two attached hydrogens (primary N) is 1. The van der Waals surface area contributed by atoms with Gasteiger partial charge in [0.1, 0.15) is 23.9 Å². The number of fused-ring (bicyclic) bond motifs is 2. The Morgan fingerprint density at radius 3 is 2.61 bits per heavy atom. The zero-order valence-electron chi connectivity index (χ0n) is 24.8. The maximum atomic E-state index is 12.7. The van der Waals surface area contributed by atoms with Gasteiger partial charge < -0.3 is 25.2 Å². The highest BCUT2D eigenvalue weighted by Gasteiger charge is 2.31. The number of carbonyl (C=O) groups excluding carboxylic acids is 1. The third kappa shape index (κ3) is 6.01. The maximum Gasteiger partial charge on any atom is 0.409 e. The summed E-state index contributed by atoms with van der Waals surface area (Å²) < 4.78 is 13.7. The van der Waals surface area contributed by atoms with Crippen molar-refractivity contribution in [2.24, 2.45) is 5.92 Å². The summed E-state index contributed by atoms with van der Waals surface area (Å²) in [7, 11) is 0. The van der Waals surface area contributed by atoms with Gasteiger partial charge in [-0.1, -0.05) is 50.2 Å². The highest BCUT2D eigenvalue weighted by atomic mass is 16.6. The lowest BCUT2D eigenvalue weighted by atomic mass is 10.00. The third-order valence-corrected chi connectivity index (χ3v) is 7.90. The van der Waals surface area contributed by atoms with Crippen LogP contribution < -0.4 is 10.5 Å². The molecule has 1 fully saturated rings. The Morgan fingerprint density at radius 2 is 1.82 bits per heavy atom. The van der Waals surface area contributed by atoms with Crippen molar-refractivity contribution >= 4 is 39.6 Å². The minimum atomic E-state index is -0.927. The van der Waals surface area contributed by atoms with Gasteiger partial charge in [0.05, 0.1) is 24.6 Å². The van der Waals surface area contributed by atoms with Crippen LogP contribution in [0.3, 0.4) is 0 Å². The van der Waals surface area contributed by atoms with E-state index in [1.165, 1.54) is 0 Å². The molecule has 0 aliphatic carbocycles. The van der Waals surface area contributed by atoms with Crippen LogP contribution in [0, 0.1) is 5.92 Å². The van der Waals surface area contributed by atoms with E-state index in [0.717, 1.165) is 44.9 Å². The van der Waals surface area contributed by atoms with Crippen LogP contribution in [0.5, 0.6) is 5.75 Å². The molecule has 3 aromatic carbocycles. The molecule has 1 aliphatic rings. The molecule has 10 heteroatoms. The van der Waals surface area contributed by atoms with Crippen molar-refractivity contribution in [3.05, 3.63) is 84.2 Å². The average Bonchev–Trinajstić information content (AvgIpc) is 3.64. The summed E-state index contributed by atoms with van der Waals surface area (Å²) in [5.74, 6) is 0.320. The van der Waals surface area contributed by atoms with Gasteiger partial charge in [-0.2, -0.15) is 5.10 Å². The minimum Gasteiger partial charge on any atom is -0.487 e. The number of nitrogens with zero attached hydrogens (tertiary/aromatic N) is 4. The van der Waals surface area contributed by atoms with Gasteiger partial charge in [-0.3, -0.25) is 9.48 Å². The van der Waals surface area contributed by atoms with Gasteiger partial charge in [-0.05, 0) is 59.2 Å². The van der Waals surface area contributed by atoms with E-state index in [4.69, 9.17) is 20.3 Å². The number of hydrogen-bond acceptors (Lipinski definition) is 7. The van der Waals surface area contributed by atoms with Crippen LogP contribution in [0.25, 0.3) is 32.8 Å². The molecule has 6 rings (SSSR count). The monoisotopic (exact) mass is 593 g/mol. The number of carboxylic acid groups (broad SMARTS) is 1. The maximum absolute atomic E-state index is 12.7. The first-order valence-corrected chi connectivity index (χ1v) is 14.8. The van der Waals surface area contributed by atoms with E-state index >= 15 is 0 Å². The number of rotatable bonds is 9. The summed E-state index contributed by atoms with van der Waals surface area (Å²) in [6.45, 7) is 5.63. The lowest BCUT2D eigenvalue weighted by Crippen LogP contribution is -2.30. The number of nitrogen functional groups attached to an aromatic ring is 1. The Kier molecular flexibility index (Phi) is 8.06. The highest BCUT2D eigenvalue weighted by Crippen LogP contribution is 2.34. The summed E-state index contributed by atoms with van der Waals surface area (Å²) in [5, 5.41) is 17.2. The molecule has 1 atom stereocenters. The minimum absolute atomic E-state index is 0.0328. The van der Waals surface area contributed by atoms with Gasteiger partial charge in [-0.15, -0.1) is 0 Å². The van der Waals surface area contributed by atoms with E-state index in [-0.39, 0.29) is 31.1 Å². The molecule has 0 unspecified atom stereocenters. The van der Waals surface area contributed by atoms with Crippen molar-refractivity contribution < 1.29 is 24.2 Å². The first-order chi connectivity index (χ1) is 21.3. The van der Waals surface area contributed by atoms with E-state index in [1.54, 1.807) is 29.3 Å². The first-order valence-electron chi connectivity index (χ1n) is 14.8. The van der Waals surface area contributed by atoms with Crippen LogP contribution in [-0.2, 0) is 22.6 Å². The molecular formula is C34H35N5O5. The van der Waals surface area contributed by atoms with E-state index < -0.39 is 5.97 Å². The molecule has 226 valence electrons. The first kappa shape index (κ1) is 29.0. The lowest BCUT2D eigenvalue weighted by molar-refractivity contribution is -0.136. The number of pyridine rings is 1. The number of amides is 1. The molecule has 1 saturated heterocycles. The summed E-state index contributed by atoms with van der Waals surface area (Å²) >= 11 is 0. The van der Waals surface area contributed by atoms with E-state index in [9.17, 15) is 14.7 Å². The molecule has 3 N–H and O–H groups in total. The standard InChI is InChI=1S/C34H35N5O5/c1-21(2)19-44-34(42)38-14-12-26(18-38)39-30-10-9-24(23-8-7-22-11-13-36-33(35)27(22)15-23)16-28(30)29(37-39)20-43-31-6-4-3-5-25(31)17-32(40)41/h3-11,13,15-16,21,26H,12,14,17-20H2,1-2H3,(H2,35,36)(H,40,41)/t26-/m1/s1. The van der Waals surface area contributed by atoms with E-state index in [1.807, 2.05) is 42.8 Å². The summed E-state index contributed by atoms with van der Waals surface area (Å²) in [4.78, 5) is 30.1. The molecule has 3 heterocycles. The van der Waals surface area contributed by atoms with Crippen LogP contribution in [0.2, 0.25) is 0 Å². The Bertz CT molecular complexity index is 1850. The zero-order valence-corrected chi connectivity index (χ0v) is 24.8. The van der Waals surface area contributed by atoms with Crippen molar-refractivity contribution in [1.29, 1.82) is 0 Å². The zero-order chi connectivity index (χ0) is 30.8. The van der Waals surface area contributed by atoms with Crippen molar-refractivity contribution in [3.8, 4) is 16.9 Å². The highest BCUT2D eigenvalue weighted by molar-refractivity contribution is 5.95. The second-order valence-corrected chi connectivity index (χ2v) is 11.6. The number of likely N-dealkylation sites (tertiary alicyclic amines) is 1. The lowest BCUT2D eigenvalue weighted by Gasteiger charge is -2.17. The largest absolute Gasteiger partial charge is 0.487 e. The van der Waals surface area contributed by atoms with Crippen LogP contribution in [0.1, 0.15) is 37.6 Å². The van der Waals surface area contributed by atoms with Crippen LogP contribution in [0.15, 0.2) is 72.9 Å². The van der Waals surface area contributed by atoms with Gasteiger partial charge in [0, 0.05) is 35.6 Å². The molecule has 0 bridgehead atoms. The van der Waals surface area contributed by atoms with Crippen molar-refractivity contribution in [3.63, 3.8) is 0 Å². The fourth-order valence-corrected chi connectivity index (χ4v) is 5.68. The number of benzene rings is 3. The molecule has 0 saturated carbocycles. The SMILES string of the molecule is CC(C)COC(=O)N1CC[C@@H](n2nc(COc3ccccc3CC(=O)O)c3cc(-c4ccc5ccnc(N)c5c4)ccc32)C1. The number of carbonyl (C=O) groups is 2. The number of para-hydroxylation sites is 1. The van der Waals surface area contributed by atoms with Crippen LogP contribution in [0.4, 0.5) is 10.6 Å². The predicted molar refractivity (Wildman–Crippen MR) is 168 cm³/mol. The van der Waals surface area contributed by atoms with Gasteiger partial charge in [-0.25, -0.2) is 9.78 Å². The van der Waals surface area contributed by atoms with E-state index in [2.05, 4.69) is 29.2 Å². The molecule has 44 heavy (non-hydrogen) atoms. The quantitative estimate of drug-likeness (QED) is 0.210. The predicted octanol–water partition coefficient (Wildman–Crippen LogP) is 6.08. The number of hydrogen-bond donors (Lipinski definition) is 2. The molecule has 2 aromatic heterocycles. The van der Waals surface area contributed by atoms with Crippen molar-refractivity contribution in [1.82, 2.24) is 19.7 Å². The average molecular weight is 594 g/mol. The van der Waals surface area contributed by atoms with Crippen LogP contribution in [-0.4, -0.2) is 56.5 Å². The van der Waals surface area contributed by atoms with Gasteiger partial charge in [0.2, 0.25) is 0 Å². The molecule has 10 nitrogen and oxygen atoms in total. The summed E-state index contributed by atoms with van der Waals surface area (Å²) in [6, 6.07) is 21.4. The van der Waals surface area contributed by atoms with Gasteiger partial charge in [0.25, 0.3) is 0 Å². The number of carboxylic acids is 1. The van der Waals surface area contributed by atoms with Gasteiger partial charge >= 0.3 is 12.1 Å².